The second-order valence-corrected chi connectivity index (χ2v) is 6.70. The molecule has 1 nitrogen and oxygen atoms in total. The predicted octanol–water partition coefficient (Wildman–Crippen LogP) is 6.61. The van der Waals surface area contributed by atoms with E-state index in [-0.39, 0.29) is 0 Å². The van der Waals surface area contributed by atoms with Gasteiger partial charge < -0.3 is 4.74 Å². The van der Waals surface area contributed by atoms with Crippen LogP contribution in [0, 0.1) is 5.92 Å². The summed E-state index contributed by atoms with van der Waals surface area (Å²) < 4.78 is 5.81. The van der Waals surface area contributed by atoms with Crippen LogP contribution in [0.2, 0.25) is 0 Å². The average Bonchev–Trinajstić information content (AvgIpc) is 2.61. The second kappa shape index (κ2) is 7.68. The van der Waals surface area contributed by atoms with E-state index in [1.54, 1.807) is 0 Å². The van der Waals surface area contributed by atoms with Crippen molar-refractivity contribution in [2.75, 3.05) is 6.61 Å². The Labute approximate surface area is 140 Å². The maximum atomic E-state index is 5.81. The third-order valence-corrected chi connectivity index (χ3v) is 5.05. The van der Waals surface area contributed by atoms with Gasteiger partial charge in [-0.1, -0.05) is 51.0 Å². The van der Waals surface area contributed by atoms with E-state index in [1.807, 2.05) is 0 Å². The molecule has 0 spiro atoms. The number of rotatable bonds is 6. The molecule has 0 saturated heterocycles. The third-order valence-electron chi connectivity index (χ3n) is 5.05. The molecule has 1 aliphatic rings. The molecule has 0 saturated carbocycles. The first-order valence-corrected chi connectivity index (χ1v) is 9.16. The highest BCUT2D eigenvalue weighted by molar-refractivity contribution is 5.87. The minimum absolute atomic E-state index is 0.811. The summed E-state index contributed by atoms with van der Waals surface area (Å²) in [5.74, 6) is 1.88. The zero-order chi connectivity index (χ0) is 16.1. The molecule has 2 aromatic carbocycles. The Bertz CT molecular complexity index is 683. The summed E-state index contributed by atoms with van der Waals surface area (Å²) in [4.78, 5) is 0. The van der Waals surface area contributed by atoms with Crippen molar-refractivity contribution in [3.63, 3.8) is 0 Å². The molecule has 122 valence electrons. The Hall–Kier alpha value is -1.76. The number of hydrogen-bond acceptors (Lipinski definition) is 1. The minimum Gasteiger partial charge on any atom is -0.494 e. The third kappa shape index (κ3) is 3.96. The van der Waals surface area contributed by atoms with Crippen LogP contribution in [-0.2, 0) is 0 Å². The molecule has 2 aromatic rings. The lowest BCUT2D eigenvalue weighted by Crippen LogP contribution is -2.03. The summed E-state index contributed by atoms with van der Waals surface area (Å²) in [6.45, 7) is 5.30. The molecule has 0 N–H and O–H groups in total. The minimum atomic E-state index is 0.811. The number of ether oxygens (including phenoxy) is 1. The number of hydrogen-bond donors (Lipinski definition) is 0. The van der Waals surface area contributed by atoms with Gasteiger partial charge in [0.05, 0.1) is 6.61 Å². The number of benzene rings is 2. The van der Waals surface area contributed by atoms with E-state index in [0.717, 1.165) is 24.7 Å². The molecular weight excluding hydrogens is 280 g/mol. The lowest BCUT2D eigenvalue weighted by molar-refractivity contribution is 0.310. The van der Waals surface area contributed by atoms with E-state index in [9.17, 15) is 0 Å². The van der Waals surface area contributed by atoms with Crippen LogP contribution in [-0.4, -0.2) is 6.61 Å². The van der Waals surface area contributed by atoms with Crippen molar-refractivity contribution in [1.82, 2.24) is 0 Å². The van der Waals surface area contributed by atoms with Crippen molar-refractivity contribution in [2.24, 2.45) is 5.92 Å². The molecule has 0 fully saturated rings. The molecule has 0 bridgehead atoms. The topological polar surface area (TPSA) is 9.23 Å². The van der Waals surface area contributed by atoms with Gasteiger partial charge in [-0.25, -0.2) is 0 Å². The van der Waals surface area contributed by atoms with Crippen LogP contribution < -0.4 is 4.74 Å². The molecule has 0 aliphatic heterocycles. The van der Waals surface area contributed by atoms with Gasteiger partial charge >= 0.3 is 0 Å². The van der Waals surface area contributed by atoms with E-state index in [1.165, 1.54) is 54.0 Å². The van der Waals surface area contributed by atoms with E-state index in [4.69, 9.17) is 4.74 Å². The monoisotopic (exact) mass is 308 g/mol. The first-order valence-electron chi connectivity index (χ1n) is 9.16. The van der Waals surface area contributed by atoms with Gasteiger partial charge in [0.2, 0.25) is 0 Å². The number of fused-ring (bicyclic) bond motifs is 1. The fourth-order valence-corrected chi connectivity index (χ4v) is 3.37. The second-order valence-electron chi connectivity index (χ2n) is 6.70. The molecular formula is C22H28O. The Morgan fingerprint density at radius 1 is 1.04 bits per heavy atom. The van der Waals surface area contributed by atoms with Crippen molar-refractivity contribution in [1.29, 1.82) is 0 Å². The molecule has 1 heteroatoms. The Kier molecular flexibility index (Phi) is 5.38. The maximum absolute atomic E-state index is 5.81. The Morgan fingerprint density at radius 2 is 1.87 bits per heavy atom. The molecule has 0 radical (unpaired) electrons. The van der Waals surface area contributed by atoms with Gasteiger partial charge in [0.1, 0.15) is 5.75 Å². The largest absolute Gasteiger partial charge is 0.494 e. The number of unbranched alkanes of at least 4 members (excludes halogenated alkanes) is 1. The van der Waals surface area contributed by atoms with Crippen molar-refractivity contribution in [2.45, 2.75) is 52.4 Å². The quantitative estimate of drug-likeness (QED) is 0.545. The fourth-order valence-electron chi connectivity index (χ4n) is 3.37. The Balaban J connectivity index is 1.77. The van der Waals surface area contributed by atoms with Gasteiger partial charge in [0.25, 0.3) is 0 Å². The van der Waals surface area contributed by atoms with E-state index in [2.05, 4.69) is 56.3 Å². The average molecular weight is 308 g/mol. The van der Waals surface area contributed by atoms with Crippen molar-refractivity contribution < 1.29 is 4.74 Å². The van der Waals surface area contributed by atoms with Gasteiger partial charge in [-0.3, -0.25) is 0 Å². The molecule has 3 rings (SSSR count). The molecule has 1 atom stereocenters. The Morgan fingerprint density at radius 3 is 2.61 bits per heavy atom. The predicted molar refractivity (Wildman–Crippen MR) is 100.0 cm³/mol. The molecule has 0 aromatic heterocycles. The van der Waals surface area contributed by atoms with Crippen LogP contribution in [0.15, 0.2) is 42.5 Å². The summed E-state index contributed by atoms with van der Waals surface area (Å²) in [5.41, 5.74) is 2.92. The lowest BCUT2D eigenvalue weighted by atomic mass is 9.85. The van der Waals surface area contributed by atoms with Gasteiger partial charge in [0.15, 0.2) is 0 Å². The SMILES string of the molecule is CCCCOc1ccc2cc(C3=CCC(CC)CC3)ccc2c1. The van der Waals surface area contributed by atoms with Gasteiger partial charge in [-0.15, -0.1) is 0 Å². The van der Waals surface area contributed by atoms with Crippen LogP contribution in [0.5, 0.6) is 5.75 Å². The highest BCUT2D eigenvalue weighted by Gasteiger charge is 2.14. The summed E-state index contributed by atoms with van der Waals surface area (Å²) in [5, 5.41) is 2.58. The highest BCUT2D eigenvalue weighted by atomic mass is 16.5. The lowest BCUT2D eigenvalue weighted by Gasteiger charge is -2.21. The molecule has 23 heavy (non-hydrogen) atoms. The van der Waals surface area contributed by atoms with Gasteiger partial charge in [0, 0.05) is 0 Å². The summed E-state index contributed by atoms with van der Waals surface area (Å²) in [6.07, 6.45) is 9.86. The van der Waals surface area contributed by atoms with Crippen LogP contribution >= 0.6 is 0 Å². The smallest absolute Gasteiger partial charge is 0.119 e. The van der Waals surface area contributed by atoms with Crippen molar-refractivity contribution >= 4 is 16.3 Å². The summed E-state index contributed by atoms with van der Waals surface area (Å²) >= 11 is 0. The van der Waals surface area contributed by atoms with E-state index >= 15 is 0 Å². The number of allylic oxidation sites excluding steroid dienone is 2. The van der Waals surface area contributed by atoms with E-state index < -0.39 is 0 Å². The molecule has 0 amide bonds. The van der Waals surface area contributed by atoms with Crippen molar-refractivity contribution in [3.8, 4) is 5.75 Å². The first-order chi connectivity index (χ1) is 11.3. The van der Waals surface area contributed by atoms with Gasteiger partial charge in [-0.2, -0.15) is 0 Å². The van der Waals surface area contributed by atoms with Crippen LogP contribution in [0.25, 0.3) is 16.3 Å². The van der Waals surface area contributed by atoms with Crippen LogP contribution in [0.4, 0.5) is 0 Å². The normalized spacial score (nSPS) is 18.0. The fraction of sp³-hybridized carbons (Fsp3) is 0.455. The van der Waals surface area contributed by atoms with Crippen molar-refractivity contribution in [3.05, 3.63) is 48.0 Å². The highest BCUT2D eigenvalue weighted by Crippen LogP contribution is 2.33. The molecule has 1 aliphatic carbocycles. The zero-order valence-electron chi connectivity index (χ0n) is 14.5. The molecule has 1 unspecified atom stereocenters. The van der Waals surface area contributed by atoms with E-state index in [0.29, 0.717) is 0 Å². The standard InChI is InChI=1S/C22H28O/c1-3-5-14-23-22-13-12-20-15-19(10-11-21(20)16-22)18-8-6-17(4-2)7-9-18/h8,10-13,15-17H,3-7,9,14H2,1-2H3. The van der Waals surface area contributed by atoms with Gasteiger partial charge in [-0.05, 0) is 71.7 Å². The molecule has 0 heterocycles. The van der Waals surface area contributed by atoms with Crippen LogP contribution in [0.3, 0.4) is 0 Å². The zero-order valence-corrected chi connectivity index (χ0v) is 14.5. The summed E-state index contributed by atoms with van der Waals surface area (Å²) in [6, 6.07) is 13.3. The first kappa shape index (κ1) is 16.1. The van der Waals surface area contributed by atoms with Crippen LogP contribution in [0.1, 0.15) is 57.9 Å². The maximum Gasteiger partial charge on any atom is 0.119 e. The summed E-state index contributed by atoms with van der Waals surface area (Å²) in [7, 11) is 0.